The number of likely N-dealkylation sites (tertiary alicyclic amines) is 1. The summed E-state index contributed by atoms with van der Waals surface area (Å²) in [5.74, 6) is 0.140. The van der Waals surface area contributed by atoms with E-state index in [2.05, 4.69) is 20.5 Å². The van der Waals surface area contributed by atoms with Crippen LogP contribution in [0.4, 0.5) is 0 Å². The summed E-state index contributed by atoms with van der Waals surface area (Å²) in [5, 5.41) is 27.5. The third-order valence-electron chi connectivity index (χ3n) is 11.7. The monoisotopic (exact) mass is 749 g/mol. The Morgan fingerprint density at radius 1 is 0.873 bits per heavy atom. The second-order valence-corrected chi connectivity index (χ2v) is 15.3. The summed E-state index contributed by atoms with van der Waals surface area (Å²) in [6, 6.07) is 23.5. The molecule has 2 amide bonds. The first-order chi connectivity index (χ1) is 26.7. The van der Waals surface area contributed by atoms with Gasteiger partial charge >= 0.3 is 5.97 Å². The highest BCUT2D eigenvalue weighted by Crippen LogP contribution is 2.39. The third-order valence-corrected chi connectivity index (χ3v) is 11.7. The van der Waals surface area contributed by atoms with E-state index in [-0.39, 0.29) is 54.6 Å². The molecule has 4 aliphatic heterocycles. The van der Waals surface area contributed by atoms with Crippen LogP contribution in [0, 0.1) is 5.92 Å². The molecule has 0 saturated carbocycles. The number of H-pyrrole nitrogens is 1. The molecule has 0 aliphatic carbocycles. The number of ether oxygens (including phenoxy) is 1. The highest BCUT2D eigenvalue weighted by molar-refractivity contribution is 5.87. The van der Waals surface area contributed by atoms with Crippen LogP contribution in [-0.4, -0.2) is 101 Å². The zero-order valence-corrected chi connectivity index (χ0v) is 31.2. The number of phenols is 1. The Bertz CT molecular complexity index is 2020. The van der Waals surface area contributed by atoms with Crippen LogP contribution in [0.2, 0.25) is 0 Å². The maximum atomic E-state index is 14.0. The highest BCUT2D eigenvalue weighted by Gasteiger charge is 2.47. The lowest BCUT2D eigenvalue weighted by atomic mass is 9.72. The van der Waals surface area contributed by atoms with E-state index in [0.29, 0.717) is 67.8 Å². The number of aromatic hydroxyl groups is 1. The van der Waals surface area contributed by atoms with E-state index in [1.54, 1.807) is 12.1 Å². The van der Waals surface area contributed by atoms with Crippen LogP contribution in [0.3, 0.4) is 0 Å². The number of nitrogens with zero attached hydrogens (tertiary/aromatic N) is 2. The highest BCUT2D eigenvalue weighted by atomic mass is 16.5. The summed E-state index contributed by atoms with van der Waals surface area (Å²) in [5.41, 5.74) is 2.47. The number of pyridine rings is 1. The molecule has 8 rings (SSSR count). The fourth-order valence-electron chi connectivity index (χ4n) is 8.45. The van der Waals surface area contributed by atoms with E-state index in [9.17, 15) is 29.4 Å². The number of aliphatic hydroxyl groups is 1. The Balaban J connectivity index is 0.830. The first-order valence-corrected chi connectivity index (χ1v) is 19.5. The number of benzene rings is 3. The third kappa shape index (κ3) is 8.93. The second kappa shape index (κ2) is 17.2. The number of hydrogen-bond donors (Lipinski definition) is 5. The van der Waals surface area contributed by atoms with Gasteiger partial charge in [-0.1, -0.05) is 60.7 Å². The number of carbonyl (C=O) groups is 3. The zero-order valence-electron chi connectivity index (χ0n) is 31.2. The molecule has 55 heavy (non-hydrogen) atoms. The molecule has 4 fully saturated rings. The van der Waals surface area contributed by atoms with Gasteiger partial charge in [0.25, 0.3) is 0 Å². The Kier molecular flexibility index (Phi) is 11.9. The van der Waals surface area contributed by atoms with E-state index < -0.39 is 11.5 Å². The van der Waals surface area contributed by atoms with E-state index in [0.717, 1.165) is 49.2 Å². The van der Waals surface area contributed by atoms with Gasteiger partial charge in [0.15, 0.2) is 0 Å². The molecule has 4 saturated heterocycles. The van der Waals surface area contributed by atoms with Crippen molar-refractivity contribution in [3.8, 4) is 5.75 Å². The first-order valence-electron chi connectivity index (χ1n) is 19.5. The molecule has 4 aromatic rings. The van der Waals surface area contributed by atoms with Crippen molar-refractivity contribution < 1.29 is 29.3 Å². The summed E-state index contributed by atoms with van der Waals surface area (Å²) in [6.07, 6.45) is 3.42. The van der Waals surface area contributed by atoms with E-state index in [4.69, 9.17) is 4.74 Å². The fourth-order valence-corrected chi connectivity index (χ4v) is 8.45. The molecule has 2 atom stereocenters. The van der Waals surface area contributed by atoms with Crippen LogP contribution >= 0.6 is 0 Å². The normalized spacial score (nSPS) is 20.9. The van der Waals surface area contributed by atoms with Gasteiger partial charge < -0.3 is 35.5 Å². The SMILES string of the molecule is O=C(Cc1ccc(CC(=O)N2CCC(C(=O)O[C@H]3CN4CCC3CC4)(c3ccccc3)CC2)cc1)NCCCNCC(O)c1ccc(O)c2[nH]c(=O)ccc12. The van der Waals surface area contributed by atoms with E-state index >= 15 is 0 Å². The number of fused-ring (bicyclic) bond motifs is 4. The molecule has 1 aromatic heterocycles. The quantitative estimate of drug-likeness (QED) is 0.0962. The zero-order chi connectivity index (χ0) is 38.4. The fraction of sp³-hybridized carbons (Fsp3) is 0.442. The topological polar surface area (TPSA) is 164 Å². The minimum atomic E-state index is -0.851. The molecule has 4 aliphatic rings. The van der Waals surface area contributed by atoms with Crippen LogP contribution in [-0.2, 0) is 37.4 Å². The molecule has 12 nitrogen and oxygen atoms in total. The molecule has 0 radical (unpaired) electrons. The van der Waals surface area contributed by atoms with Crippen LogP contribution < -0.4 is 16.2 Å². The maximum Gasteiger partial charge on any atom is 0.317 e. The largest absolute Gasteiger partial charge is 0.506 e. The molecular weight excluding hydrogens is 699 g/mol. The maximum absolute atomic E-state index is 14.0. The molecule has 5 N–H and O–H groups in total. The lowest BCUT2D eigenvalue weighted by Gasteiger charge is -2.46. The number of esters is 1. The van der Waals surface area contributed by atoms with Crippen molar-refractivity contribution in [3.63, 3.8) is 0 Å². The molecular formula is C43H51N5O7. The molecule has 290 valence electrons. The second-order valence-electron chi connectivity index (χ2n) is 15.3. The Labute approximate surface area is 320 Å². The number of nitrogens with one attached hydrogen (secondary N) is 3. The van der Waals surface area contributed by atoms with Gasteiger partial charge in [-0.25, -0.2) is 0 Å². The number of rotatable bonds is 14. The Hall–Kier alpha value is -5.04. The van der Waals surface area contributed by atoms with Crippen LogP contribution in [0.15, 0.2) is 83.7 Å². The number of carbonyl (C=O) groups excluding carboxylic acids is 3. The first kappa shape index (κ1) is 38.2. The van der Waals surface area contributed by atoms with Crippen molar-refractivity contribution in [1.29, 1.82) is 0 Å². The molecule has 1 unspecified atom stereocenters. The van der Waals surface area contributed by atoms with Crippen molar-refractivity contribution in [2.45, 2.75) is 62.6 Å². The number of aromatic amines is 1. The number of piperidine rings is 4. The van der Waals surface area contributed by atoms with Crippen LogP contribution in [0.5, 0.6) is 5.75 Å². The van der Waals surface area contributed by atoms with Gasteiger partial charge in [0.05, 0.1) is 29.9 Å². The van der Waals surface area contributed by atoms with Crippen molar-refractivity contribution >= 4 is 28.7 Å². The Morgan fingerprint density at radius 3 is 2.27 bits per heavy atom. The van der Waals surface area contributed by atoms with Crippen molar-refractivity contribution in [3.05, 3.63) is 111 Å². The van der Waals surface area contributed by atoms with E-state index in [1.165, 1.54) is 12.1 Å². The minimum Gasteiger partial charge on any atom is -0.506 e. The van der Waals surface area contributed by atoms with Crippen molar-refractivity contribution in [2.24, 2.45) is 5.92 Å². The van der Waals surface area contributed by atoms with Gasteiger partial charge in [-0.05, 0) is 92.0 Å². The predicted molar refractivity (Wildman–Crippen MR) is 209 cm³/mol. The van der Waals surface area contributed by atoms with Gasteiger partial charge in [-0.2, -0.15) is 0 Å². The number of aliphatic hydroxyl groups excluding tert-OH is 1. The smallest absolute Gasteiger partial charge is 0.317 e. The average molecular weight is 750 g/mol. The summed E-state index contributed by atoms with van der Waals surface area (Å²) in [6.45, 7) is 5.26. The molecule has 0 spiro atoms. The van der Waals surface area contributed by atoms with Gasteiger partial charge in [0, 0.05) is 44.2 Å². The minimum absolute atomic E-state index is 0.0202. The van der Waals surface area contributed by atoms with Crippen LogP contribution in [0.25, 0.3) is 10.9 Å². The summed E-state index contributed by atoms with van der Waals surface area (Å²) >= 11 is 0. The lowest BCUT2D eigenvalue weighted by Crippen LogP contribution is -2.55. The summed E-state index contributed by atoms with van der Waals surface area (Å²) in [4.78, 5) is 58.5. The molecule has 5 heterocycles. The Morgan fingerprint density at radius 2 is 1.58 bits per heavy atom. The summed E-state index contributed by atoms with van der Waals surface area (Å²) in [7, 11) is 0. The number of phenolic OH excluding ortho intramolecular Hbond substituents is 1. The number of hydrogen-bond acceptors (Lipinski definition) is 9. The van der Waals surface area contributed by atoms with Crippen molar-refractivity contribution in [1.82, 2.24) is 25.4 Å². The average Bonchev–Trinajstić information content (AvgIpc) is 3.21. The lowest BCUT2D eigenvalue weighted by molar-refractivity contribution is -0.168. The van der Waals surface area contributed by atoms with E-state index in [1.807, 2.05) is 59.5 Å². The summed E-state index contributed by atoms with van der Waals surface area (Å²) < 4.78 is 6.29. The van der Waals surface area contributed by atoms with Crippen LogP contribution in [0.1, 0.15) is 60.5 Å². The number of amides is 2. The van der Waals surface area contributed by atoms with Gasteiger partial charge in [-0.15, -0.1) is 0 Å². The molecule has 3 aromatic carbocycles. The van der Waals surface area contributed by atoms with Gasteiger partial charge in [-0.3, -0.25) is 24.1 Å². The van der Waals surface area contributed by atoms with Gasteiger partial charge in [0.2, 0.25) is 17.4 Å². The van der Waals surface area contributed by atoms with Gasteiger partial charge in [0.1, 0.15) is 11.9 Å². The van der Waals surface area contributed by atoms with Crippen molar-refractivity contribution in [2.75, 3.05) is 52.4 Å². The number of aromatic nitrogens is 1. The predicted octanol–water partition coefficient (Wildman–Crippen LogP) is 3.35. The molecule has 12 heteroatoms. The molecule has 2 bridgehead atoms. The standard InChI is InChI=1S/C43H51N5O7/c49-35-13-11-33(34-12-14-38(51)46-41(34)35)36(50)27-44-19-4-20-45-39(52)25-29-7-9-30(10-8-29)26-40(53)48-23-17-43(18-24-48,32-5-2-1-3-6-32)42(54)55-37-28-47-21-15-31(37)16-22-47/h1-3,5-14,31,36-37,44,49-50H,4,15-28H2,(H,45,52)(H,46,51)/t36?,37-/m0/s1.